The molecule has 0 bridgehead atoms. The molecular weight excluding hydrogens is 306 g/mol. The second kappa shape index (κ2) is 6.87. The Labute approximate surface area is 131 Å². The van der Waals surface area contributed by atoms with Gasteiger partial charge in [-0.05, 0) is 35.9 Å². The van der Waals surface area contributed by atoms with Gasteiger partial charge in [0, 0.05) is 11.6 Å². The molecule has 0 atom stereocenters. The third-order valence-electron chi connectivity index (χ3n) is 2.95. The molecule has 6 heteroatoms. The second-order valence-corrected chi connectivity index (χ2v) is 4.80. The zero-order chi connectivity index (χ0) is 16.1. The van der Waals surface area contributed by atoms with Crippen molar-refractivity contribution in [3.63, 3.8) is 0 Å². The van der Waals surface area contributed by atoms with Crippen LogP contribution in [-0.2, 0) is 0 Å². The molecule has 5 nitrogen and oxygen atoms in total. The van der Waals surface area contributed by atoms with Gasteiger partial charge in [0.1, 0.15) is 10.8 Å². The van der Waals surface area contributed by atoms with Gasteiger partial charge in [-0.3, -0.25) is 14.9 Å². The van der Waals surface area contributed by atoms with E-state index < -0.39 is 4.92 Å². The molecule has 2 rings (SSSR count). The minimum Gasteiger partial charge on any atom is -0.497 e. The minimum absolute atomic E-state index is 0.00155. The van der Waals surface area contributed by atoms with Crippen molar-refractivity contribution in [3.8, 4) is 5.75 Å². The lowest BCUT2D eigenvalue weighted by molar-refractivity contribution is -0.384. The highest BCUT2D eigenvalue weighted by Crippen LogP contribution is 2.25. The Morgan fingerprint density at radius 1 is 1.27 bits per heavy atom. The van der Waals surface area contributed by atoms with E-state index in [4.69, 9.17) is 16.3 Å². The first-order valence-electron chi connectivity index (χ1n) is 6.31. The van der Waals surface area contributed by atoms with Crippen molar-refractivity contribution in [2.24, 2.45) is 0 Å². The number of nitro groups is 1. The smallest absolute Gasteiger partial charge is 0.288 e. The Hall–Kier alpha value is -2.66. The van der Waals surface area contributed by atoms with E-state index in [1.165, 1.54) is 24.3 Å². The summed E-state index contributed by atoms with van der Waals surface area (Å²) in [7, 11) is 1.56. The number of benzene rings is 2. The van der Waals surface area contributed by atoms with E-state index in [0.29, 0.717) is 5.75 Å². The first-order valence-corrected chi connectivity index (χ1v) is 6.69. The number of carbonyl (C=O) groups is 1. The fourth-order valence-electron chi connectivity index (χ4n) is 1.82. The van der Waals surface area contributed by atoms with E-state index in [9.17, 15) is 14.9 Å². The fraction of sp³-hybridized carbons (Fsp3) is 0.0625. The van der Waals surface area contributed by atoms with Gasteiger partial charge >= 0.3 is 0 Å². The Balaban J connectivity index is 2.23. The fourth-order valence-corrected chi connectivity index (χ4v) is 2.01. The molecule has 0 radical (unpaired) electrons. The lowest BCUT2D eigenvalue weighted by atomic mass is 10.1. The number of rotatable bonds is 5. The van der Waals surface area contributed by atoms with Crippen molar-refractivity contribution in [1.82, 2.24) is 0 Å². The van der Waals surface area contributed by atoms with Crippen LogP contribution >= 0.6 is 11.6 Å². The number of nitro benzene ring substituents is 1. The maximum absolute atomic E-state index is 12.1. The van der Waals surface area contributed by atoms with Gasteiger partial charge in [0.15, 0.2) is 5.78 Å². The van der Waals surface area contributed by atoms with Gasteiger partial charge in [-0.25, -0.2) is 0 Å². The number of ketones is 1. The number of nitrogens with zero attached hydrogens (tertiary/aromatic N) is 1. The predicted molar refractivity (Wildman–Crippen MR) is 84.5 cm³/mol. The number of carbonyl (C=O) groups excluding carboxylic acids is 1. The minimum atomic E-state index is -0.620. The second-order valence-electron chi connectivity index (χ2n) is 4.40. The Kier molecular flexibility index (Phi) is 4.91. The van der Waals surface area contributed by atoms with Crippen LogP contribution in [0.5, 0.6) is 5.75 Å². The Morgan fingerprint density at radius 3 is 2.73 bits per heavy atom. The summed E-state index contributed by atoms with van der Waals surface area (Å²) in [5.41, 5.74) is 0.703. The molecule has 0 N–H and O–H groups in total. The predicted octanol–water partition coefficient (Wildman–Crippen LogP) is 4.15. The summed E-state index contributed by atoms with van der Waals surface area (Å²) in [5.74, 6) is 0.333. The Bertz CT molecular complexity index is 756. The maximum atomic E-state index is 12.1. The van der Waals surface area contributed by atoms with E-state index >= 15 is 0 Å². The van der Waals surface area contributed by atoms with Crippen LogP contribution in [0.2, 0.25) is 5.02 Å². The van der Waals surface area contributed by atoms with Gasteiger partial charge < -0.3 is 4.74 Å². The quantitative estimate of drug-likeness (QED) is 0.359. The highest BCUT2D eigenvalue weighted by molar-refractivity contribution is 6.32. The third kappa shape index (κ3) is 3.71. The first-order chi connectivity index (χ1) is 10.5. The van der Waals surface area contributed by atoms with Crippen LogP contribution in [0.3, 0.4) is 0 Å². The molecule has 0 spiro atoms. The highest BCUT2D eigenvalue weighted by Gasteiger charge is 2.14. The van der Waals surface area contributed by atoms with Crippen molar-refractivity contribution in [1.29, 1.82) is 0 Å². The van der Waals surface area contributed by atoms with Crippen LogP contribution in [0.1, 0.15) is 15.9 Å². The monoisotopic (exact) mass is 317 g/mol. The average molecular weight is 318 g/mol. The molecule has 0 amide bonds. The molecule has 0 saturated heterocycles. The number of hydrogen-bond donors (Lipinski definition) is 0. The zero-order valence-corrected chi connectivity index (χ0v) is 12.4. The van der Waals surface area contributed by atoms with Gasteiger partial charge in [-0.2, -0.15) is 0 Å². The van der Waals surface area contributed by atoms with Gasteiger partial charge in [-0.1, -0.05) is 29.8 Å². The van der Waals surface area contributed by atoms with Crippen molar-refractivity contribution >= 4 is 29.1 Å². The van der Waals surface area contributed by atoms with E-state index in [2.05, 4.69) is 0 Å². The molecule has 0 fully saturated rings. The van der Waals surface area contributed by atoms with Crippen LogP contribution in [0.25, 0.3) is 6.08 Å². The van der Waals surface area contributed by atoms with Crippen LogP contribution < -0.4 is 4.74 Å². The summed E-state index contributed by atoms with van der Waals surface area (Å²) in [6, 6.07) is 11.1. The van der Waals surface area contributed by atoms with Gasteiger partial charge in [0.2, 0.25) is 0 Å². The third-order valence-corrected chi connectivity index (χ3v) is 3.27. The SMILES string of the molecule is COc1cccc(/C=C/C(=O)c2ccc(Cl)c([N+](=O)[O-])c2)c1. The van der Waals surface area contributed by atoms with Crippen molar-refractivity contribution in [2.75, 3.05) is 7.11 Å². The molecule has 0 aliphatic heterocycles. The van der Waals surface area contributed by atoms with Gasteiger partial charge in [-0.15, -0.1) is 0 Å². The molecule has 0 aliphatic carbocycles. The topological polar surface area (TPSA) is 69.4 Å². The summed E-state index contributed by atoms with van der Waals surface area (Å²) in [6.07, 6.45) is 2.97. The van der Waals surface area contributed by atoms with Crippen LogP contribution in [-0.4, -0.2) is 17.8 Å². The van der Waals surface area contributed by atoms with E-state index in [0.717, 1.165) is 5.56 Å². The molecule has 0 unspecified atom stereocenters. The standard InChI is InChI=1S/C16H12ClNO4/c1-22-13-4-2-3-11(9-13)5-8-16(19)12-6-7-14(17)15(10-12)18(20)21/h2-10H,1H3/b8-5+. The molecule has 2 aromatic rings. The van der Waals surface area contributed by atoms with Crippen molar-refractivity contribution < 1.29 is 14.5 Å². The number of allylic oxidation sites excluding steroid dienone is 1. The van der Waals surface area contributed by atoms with Crippen molar-refractivity contribution in [3.05, 3.63) is 74.8 Å². The lowest BCUT2D eigenvalue weighted by Gasteiger charge is -2.00. The van der Waals surface area contributed by atoms with Crippen LogP contribution in [0.15, 0.2) is 48.5 Å². The van der Waals surface area contributed by atoms with Gasteiger partial charge in [0.05, 0.1) is 12.0 Å². The molecule has 0 heterocycles. The molecule has 0 saturated carbocycles. The van der Waals surface area contributed by atoms with Gasteiger partial charge in [0.25, 0.3) is 5.69 Å². The molecular formula is C16H12ClNO4. The molecule has 0 aromatic heterocycles. The van der Waals surface area contributed by atoms with E-state index in [-0.39, 0.29) is 22.1 Å². The molecule has 0 aliphatic rings. The zero-order valence-electron chi connectivity index (χ0n) is 11.7. The highest BCUT2D eigenvalue weighted by atomic mass is 35.5. The number of hydrogen-bond acceptors (Lipinski definition) is 4. The normalized spacial score (nSPS) is 10.6. The summed E-state index contributed by atoms with van der Waals surface area (Å²) in [5, 5.41) is 10.8. The average Bonchev–Trinajstić information content (AvgIpc) is 2.53. The van der Waals surface area contributed by atoms with Crippen LogP contribution in [0.4, 0.5) is 5.69 Å². The maximum Gasteiger partial charge on any atom is 0.288 e. The molecule has 2 aromatic carbocycles. The number of ether oxygens (including phenoxy) is 1. The number of halogens is 1. The van der Waals surface area contributed by atoms with Crippen LogP contribution in [0, 0.1) is 10.1 Å². The van der Waals surface area contributed by atoms with E-state index in [1.807, 2.05) is 6.07 Å². The van der Waals surface area contributed by atoms with Crippen molar-refractivity contribution in [2.45, 2.75) is 0 Å². The molecule has 22 heavy (non-hydrogen) atoms. The largest absolute Gasteiger partial charge is 0.497 e. The summed E-state index contributed by atoms with van der Waals surface area (Å²) >= 11 is 5.72. The molecule has 112 valence electrons. The summed E-state index contributed by atoms with van der Waals surface area (Å²) in [4.78, 5) is 22.3. The van der Waals surface area contributed by atoms with E-state index in [1.54, 1.807) is 31.4 Å². The summed E-state index contributed by atoms with van der Waals surface area (Å²) < 4.78 is 5.09. The lowest BCUT2D eigenvalue weighted by Crippen LogP contribution is -1.97. The number of methoxy groups -OCH3 is 1. The summed E-state index contributed by atoms with van der Waals surface area (Å²) in [6.45, 7) is 0. The first kappa shape index (κ1) is 15.7. The Morgan fingerprint density at radius 2 is 2.05 bits per heavy atom.